The van der Waals surface area contributed by atoms with Gasteiger partial charge in [0.1, 0.15) is 5.69 Å². The van der Waals surface area contributed by atoms with Crippen LogP contribution in [0.5, 0.6) is 0 Å². The molecule has 7 nitrogen and oxygen atoms in total. The number of carbonyl (C=O) groups is 1. The van der Waals surface area contributed by atoms with Crippen LogP contribution < -0.4 is 0 Å². The topological polar surface area (TPSA) is 85.0 Å². The maximum atomic E-state index is 12.6. The molecule has 0 aliphatic carbocycles. The third kappa shape index (κ3) is 4.56. The van der Waals surface area contributed by atoms with Gasteiger partial charge < -0.3 is 9.32 Å². The molecule has 2 heterocycles. The zero-order valence-corrected chi connectivity index (χ0v) is 18.4. The zero-order chi connectivity index (χ0) is 22.5. The minimum absolute atomic E-state index is 0.0139. The number of carbonyl (C=O) groups excluding carboxylic acids is 1. The molecule has 1 amide bonds. The average Bonchev–Trinajstić information content (AvgIpc) is 3.33. The standard InChI is InChI=1S/C25H25N5O2/c1-4-5-15-30(3)25(31)20-13-11-18(12-14-20)21-16-26-17(2)22(27-21)24-29-28-23(32-24)19-9-7-6-8-10-19/h6-14,16H,4-5,15H2,1-3H3. The SMILES string of the molecule is CCCCN(C)C(=O)c1ccc(-c2cnc(C)c(-c3nnc(-c4ccccc4)o3)n2)cc1. The Labute approximate surface area is 187 Å². The van der Waals surface area contributed by atoms with E-state index in [1.807, 2.05) is 68.6 Å². The summed E-state index contributed by atoms with van der Waals surface area (Å²) < 4.78 is 5.86. The molecule has 0 spiro atoms. The van der Waals surface area contributed by atoms with Crippen molar-refractivity contribution in [3.05, 3.63) is 72.1 Å². The highest BCUT2D eigenvalue weighted by molar-refractivity contribution is 5.94. The Hall–Kier alpha value is -3.87. The lowest BCUT2D eigenvalue weighted by molar-refractivity contribution is 0.0793. The molecule has 0 aliphatic heterocycles. The molecule has 0 radical (unpaired) electrons. The van der Waals surface area contributed by atoms with E-state index in [4.69, 9.17) is 9.40 Å². The number of nitrogens with zero attached hydrogens (tertiary/aromatic N) is 5. The molecule has 2 aromatic heterocycles. The molecule has 0 fully saturated rings. The van der Waals surface area contributed by atoms with Gasteiger partial charge in [-0.3, -0.25) is 9.78 Å². The van der Waals surface area contributed by atoms with Gasteiger partial charge in [0.25, 0.3) is 11.8 Å². The predicted molar refractivity (Wildman–Crippen MR) is 123 cm³/mol. The van der Waals surface area contributed by atoms with Crippen molar-refractivity contribution in [1.29, 1.82) is 0 Å². The summed E-state index contributed by atoms with van der Waals surface area (Å²) in [6.45, 7) is 4.71. The second-order valence-corrected chi connectivity index (χ2v) is 7.63. The van der Waals surface area contributed by atoms with Gasteiger partial charge in [-0.1, -0.05) is 43.7 Å². The van der Waals surface area contributed by atoms with Crippen LogP contribution in [-0.4, -0.2) is 44.6 Å². The maximum Gasteiger partial charge on any atom is 0.268 e. The van der Waals surface area contributed by atoms with Crippen LogP contribution in [0.1, 0.15) is 35.8 Å². The summed E-state index contributed by atoms with van der Waals surface area (Å²) in [5.74, 6) is 0.766. The smallest absolute Gasteiger partial charge is 0.268 e. The van der Waals surface area contributed by atoms with Crippen molar-refractivity contribution in [3.8, 4) is 34.3 Å². The molecule has 0 bridgehead atoms. The first-order chi connectivity index (χ1) is 15.6. The first-order valence-corrected chi connectivity index (χ1v) is 10.7. The van der Waals surface area contributed by atoms with Gasteiger partial charge in [-0.15, -0.1) is 10.2 Å². The minimum atomic E-state index is 0.0139. The monoisotopic (exact) mass is 427 g/mol. The highest BCUT2D eigenvalue weighted by atomic mass is 16.4. The molecule has 4 rings (SSSR count). The summed E-state index contributed by atoms with van der Waals surface area (Å²) in [6.07, 6.45) is 3.75. The van der Waals surface area contributed by atoms with E-state index >= 15 is 0 Å². The van der Waals surface area contributed by atoms with E-state index < -0.39 is 0 Å². The van der Waals surface area contributed by atoms with E-state index in [0.29, 0.717) is 34.4 Å². The van der Waals surface area contributed by atoms with E-state index in [2.05, 4.69) is 22.1 Å². The lowest BCUT2D eigenvalue weighted by Crippen LogP contribution is -2.27. The molecule has 7 heteroatoms. The molecular weight excluding hydrogens is 402 g/mol. The van der Waals surface area contributed by atoms with E-state index in [1.54, 1.807) is 11.1 Å². The molecule has 0 aliphatic rings. The quantitative estimate of drug-likeness (QED) is 0.411. The number of aryl methyl sites for hydroxylation is 1. The lowest BCUT2D eigenvalue weighted by atomic mass is 10.1. The lowest BCUT2D eigenvalue weighted by Gasteiger charge is -2.16. The summed E-state index contributed by atoms with van der Waals surface area (Å²) in [6, 6.07) is 17.0. The van der Waals surface area contributed by atoms with Gasteiger partial charge in [0.05, 0.1) is 17.6 Å². The van der Waals surface area contributed by atoms with Crippen LogP contribution in [-0.2, 0) is 0 Å². The summed E-state index contributed by atoms with van der Waals surface area (Å²) in [4.78, 5) is 23.5. The number of hydrogen-bond donors (Lipinski definition) is 0. The van der Waals surface area contributed by atoms with Crippen molar-refractivity contribution in [1.82, 2.24) is 25.1 Å². The normalized spacial score (nSPS) is 10.8. The Kier molecular flexibility index (Phi) is 6.35. The Morgan fingerprint density at radius 1 is 0.969 bits per heavy atom. The Morgan fingerprint density at radius 2 is 1.69 bits per heavy atom. The number of aromatic nitrogens is 4. The molecule has 2 aromatic carbocycles. The van der Waals surface area contributed by atoms with Gasteiger partial charge in [0.15, 0.2) is 0 Å². The van der Waals surface area contributed by atoms with Crippen LogP contribution in [0.15, 0.2) is 65.2 Å². The molecule has 0 atom stereocenters. The van der Waals surface area contributed by atoms with E-state index in [1.165, 1.54) is 0 Å². The first kappa shape index (κ1) is 21.4. The third-order valence-electron chi connectivity index (χ3n) is 5.23. The summed E-state index contributed by atoms with van der Waals surface area (Å²) >= 11 is 0. The van der Waals surface area contributed by atoms with Crippen molar-refractivity contribution in [3.63, 3.8) is 0 Å². The average molecular weight is 428 g/mol. The fourth-order valence-corrected chi connectivity index (χ4v) is 3.31. The third-order valence-corrected chi connectivity index (χ3v) is 5.23. The van der Waals surface area contributed by atoms with Gasteiger partial charge in [-0.2, -0.15) is 0 Å². The fourth-order valence-electron chi connectivity index (χ4n) is 3.31. The molecular formula is C25H25N5O2. The Balaban J connectivity index is 1.58. The molecule has 0 saturated carbocycles. The largest absolute Gasteiger partial charge is 0.415 e. The summed E-state index contributed by atoms with van der Waals surface area (Å²) in [7, 11) is 1.83. The van der Waals surface area contributed by atoms with Gasteiger partial charge in [0.2, 0.25) is 5.89 Å². The van der Waals surface area contributed by atoms with Crippen molar-refractivity contribution in [2.75, 3.05) is 13.6 Å². The van der Waals surface area contributed by atoms with Crippen LogP contribution in [0, 0.1) is 6.92 Å². The summed E-state index contributed by atoms with van der Waals surface area (Å²) in [5.41, 5.74) is 4.25. The summed E-state index contributed by atoms with van der Waals surface area (Å²) in [5, 5.41) is 8.32. The van der Waals surface area contributed by atoms with E-state index in [9.17, 15) is 4.79 Å². The highest BCUT2D eigenvalue weighted by Gasteiger charge is 2.17. The van der Waals surface area contributed by atoms with Crippen molar-refractivity contribution < 1.29 is 9.21 Å². The molecule has 0 saturated heterocycles. The highest BCUT2D eigenvalue weighted by Crippen LogP contribution is 2.26. The van der Waals surface area contributed by atoms with Crippen LogP contribution in [0.2, 0.25) is 0 Å². The van der Waals surface area contributed by atoms with Gasteiger partial charge in [0, 0.05) is 30.3 Å². The molecule has 0 unspecified atom stereocenters. The second-order valence-electron chi connectivity index (χ2n) is 7.63. The first-order valence-electron chi connectivity index (χ1n) is 10.7. The van der Waals surface area contributed by atoms with Crippen molar-refractivity contribution in [2.45, 2.75) is 26.7 Å². The van der Waals surface area contributed by atoms with Crippen molar-refractivity contribution in [2.24, 2.45) is 0 Å². The van der Waals surface area contributed by atoms with E-state index in [0.717, 1.165) is 30.5 Å². The van der Waals surface area contributed by atoms with Crippen LogP contribution in [0.4, 0.5) is 0 Å². The Morgan fingerprint density at radius 3 is 2.41 bits per heavy atom. The Bertz CT molecular complexity index is 1200. The number of amides is 1. The second kappa shape index (κ2) is 9.51. The minimum Gasteiger partial charge on any atom is -0.415 e. The number of rotatable bonds is 7. The molecule has 4 aromatic rings. The number of unbranched alkanes of at least 4 members (excludes halogenated alkanes) is 1. The predicted octanol–water partition coefficient (Wildman–Crippen LogP) is 5.04. The number of benzene rings is 2. The molecule has 162 valence electrons. The van der Waals surface area contributed by atoms with E-state index in [-0.39, 0.29) is 5.91 Å². The zero-order valence-electron chi connectivity index (χ0n) is 18.4. The van der Waals surface area contributed by atoms with Gasteiger partial charge >= 0.3 is 0 Å². The molecule has 0 N–H and O–H groups in total. The van der Waals surface area contributed by atoms with Crippen molar-refractivity contribution >= 4 is 5.91 Å². The van der Waals surface area contributed by atoms with Crippen LogP contribution in [0.3, 0.4) is 0 Å². The number of hydrogen-bond acceptors (Lipinski definition) is 6. The molecule has 32 heavy (non-hydrogen) atoms. The van der Waals surface area contributed by atoms with Gasteiger partial charge in [-0.25, -0.2) is 4.98 Å². The van der Waals surface area contributed by atoms with Crippen LogP contribution in [0.25, 0.3) is 34.3 Å². The van der Waals surface area contributed by atoms with Crippen LogP contribution >= 0.6 is 0 Å². The maximum absolute atomic E-state index is 12.6. The van der Waals surface area contributed by atoms with Gasteiger partial charge in [-0.05, 0) is 37.6 Å². The fraction of sp³-hybridized carbons (Fsp3) is 0.240.